The maximum absolute atomic E-state index is 12.7. The Balaban J connectivity index is 1.86. The Hall–Kier alpha value is -2.80. The molecule has 1 aromatic carbocycles. The van der Waals surface area contributed by atoms with Crippen LogP contribution in [0.3, 0.4) is 0 Å². The first kappa shape index (κ1) is 17.0. The van der Waals surface area contributed by atoms with Crippen LogP contribution in [0, 0.1) is 0 Å². The molecule has 0 saturated heterocycles. The van der Waals surface area contributed by atoms with Crippen molar-refractivity contribution in [2.45, 2.75) is 6.18 Å². The maximum Gasteiger partial charge on any atom is 0.433 e. The molecule has 0 aliphatic carbocycles. The van der Waals surface area contributed by atoms with E-state index in [-0.39, 0.29) is 5.69 Å². The predicted octanol–water partition coefficient (Wildman–Crippen LogP) is 4.87. The summed E-state index contributed by atoms with van der Waals surface area (Å²) in [5.41, 5.74) is -1.60. The van der Waals surface area contributed by atoms with Gasteiger partial charge in [-0.05, 0) is 42.5 Å². The van der Waals surface area contributed by atoms with E-state index in [4.69, 9.17) is 16.0 Å². The molecule has 8 heteroatoms. The molecule has 2 aromatic heterocycles. The molecule has 0 fully saturated rings. The van der Waals surface area contributed by atoms with E-state index >= 15 is 0 Å². The van der Waals surface area contributed by atoms with Crippen molar-refractivity contribution < 1.29 is 17.6 Å². The third-order valence-corrected chi connectivity index (χ3v) is 3.45. The number of H-pyrrole nitrogens is 1. The number of nitrogens with one attached hydrogen (secondary N) is 1. The van der Waals surface area contributed by atoms with Crippen LogP contribution in [-0.4, -0.2) is 9.97 Å². The number of rotatable bonds is 3. The Kier molecular flexibility index (Phi) is 4.50. The minimum absolute atomic E-state index is 0.0342. The highest BCUT2D eigenvalue weighted by Crippen LogP contribution is 2.28. The van der Waals surface area contributed by atoms with Crippen molar-refractivity contribution in [1.29, 1.82) is 0 Å². The van der Waals surface area contributed by atoms with E-state index in [1.807, 2.05) is 6.07 Å². The number of hydrogen-bond acceptors (Lipinski definition) is 3. The molecule has 0 aliphatic rings. The van der Waals surface area contributed by atoms with E-state index in [9.17, 15) is 18.0 Å². The topological polar surface area (TPSA) is 58.9 Å². The van der Waals surface area contributed by atoms with Gasteiger partial charge in [-0.25, -0.2) is 4.79 Å². The highest BCUT2D eigenvalue weighted by Gasteiger charge is 2.33. The average molecular weight is 367 g/mol. The van der Waals surface area contributed by atoms with Crippen LogP contribution < -0.4 is 5.69 Å². The molecular weight excluding hydrogens is 357 g/mol. The van der Waals surface area contributed by atoms with E-state index in [0.717, 1.165) is 11.6 Å². The molecule has 0 atom stereocenters. The highest BCUT2D eigenvalue weighted by molar-refractivity contribution is 6.30. The SMILES string of the molecule is O=c1nc(C(F)(F)F)cc(/C=C/c2ccc(-c3cccc(Cl)c3)o2)[nH]1. The van der Waals surface area contributed by atoms with Gasteiger partial charge in [-0.2, -0.15) is 18.2 Å². The number of hydrogen-bond donors (Lipinski definition) is 1. The average Bonchev–Trinajstić information content (AvgIpc) is 3.01. The van der Waals surface area contributed by atoms with Crippen molar-refractivity contribution in [3.8, 4) is 11.3 Å². The molecule has 0 spiro atoms. The number of aromatic nitrogens is 2. The van der Waals surface area contributed by atoms with Crippen molar-refractivity contribution in [2.24, 2.45) is 0 Å². The van der Waals surface area contributed by atoms with Gasteiger partial charge in [0.25, 0.3) is 0 Å². The number of nitrogens with zero attached hydrogens (tertiary/aromatic N) is 1. The normalized spacial score (nSPS) is 12.0. The van der Waals surface area contributed by atoms with Crippen LogP contribution in [-0.2, 0) is 6.18 Å². The second-order valence-corrected chi connectivity index (χ2v) is 5.51. The number of alkyl halides is 3. The van der Waals surface area contributed by atoms with Crippen LogP contribution in [0.2, 0.25) is 5.02 Å². The molecule has 0 bridgehead atoms. The van der Waals surface area contributed by atoms with Crippen molar-refractivity contribution in [1.82, 2.24) is 9.97 Å². The Bertz CT molecular complexity index is 990. The second-order valence-electron chi connectivity index (χ2n) is 5.07. The molecule has 2 heterocycles. The summed E-state index contributed by atoms with van der Waals surface area (Å²) in [4.78, 5) is 16.4. The molecule has 3 rings (SSSR count). The third kappa shape index (κ3) is 4.19. The van der Waals surface area contributed by atoms with Crippen LogP contribution in [0.4, 0.5) is 13.2 Å². The predicted molar refractivity (Wildman–Crippen MR) is 87.9 cm³/mol. The molecule has 0 radical (unpaired) electrons. The van der Waals surface area contributed by atoms with Crippen molar-refractivity contribution in [2.75, 3.05) is 0 Å². The number of benzene rings is 1. The molecule has 128 valence electrons. The summed E-state index contributed by atoms with van der Waals surface area (Å²) in [6, 6.07) is 11.2. The van der Waals surface area contributed by atoms with Gasteiger partial charge in [0.15, 0.2) is 5.69 Å². The van der Waals surface area contributed by atoms with E-state index in [1.54, 1.807) is 30.3 Å². The first-order chi connectivity index (χ1) is 11.8. The zero-order valence-corrected chi connectivity index (χ0v) is 13.2. The van der Waals surface area contributed by atoms with Crippen LogP contribution in [0.1, 0.15) is 17.1 Å². The van der Waals surface area contributed by atoms with E-state index in [0.29, 0.717) is 16.5 Å². The lowest BCUT2D eigenvalue weighted by Crippen LogP contribution is -2.19. The van der Waals surface area contributed by atoms with E-state index in [1.165, 1.54) is 12.2 Å². The third-order valence-electron chi connectivity index (χ3n) is 3.22. The fourth-order valence-electron chi connectivity index (χ4n) is 2.12. The zero-order chi connectivity index (χ0) is 18.0. The molecule has 4 nitrogen and oxygen atoms in total. The smallest absolute Gasteiger partial charge is 0.433 e. The summed E-state index contributed by atoms with van der Waals surface area (Å²) >= 11 is 5.92. The Morgan fingerprint density at radius 1 is 1.12 bits per heavy atom. The van der Waals surface area contributed by atoms with Crippen molar-refractivity contribution in [3.05, 3.63) is 75.1 Å². The summed E-state index contributed by atoms with van der Waals surface area (Å²) in [6.07, 6.45) is -1.94. The van der Waals surface area contributed by atoms with Gasteiger partial charge in [0.1, 0.15) is 11.5 Å². The van der Waals surface area contributed by atoms with Gasteiger partial charge in [0.05, 0.1) is 0 Å². The lowest BCUT2D eigenvalue weighted by molar-refractivity contribution is -0.141. The number of aromatic amines is 1. The highest BCUT2D eigenvalue weighted by atomic mass is 35.5. The molecule has 0 unspecified atom stereocenters. The summed E-state index contributed by atoms with van der Waals surface area (Å²) < 4.78 is 43.6. The Morgan fingerprint density at radius 2 is 1.92 bits per heavy atom. The fraction of sp³-hybridized carbons (Fsp3) is 0.0588. The lowest BCUT2D eigenvalue weighted by Gasteiger charge is -2.04. The lowest BCUT2D eigenvalue weighted by atomic mass is 10.2. The van der Waals surface area contributed by atoms with Gasteiger partial charge >= 0.3 is 11.9 Å². The summed E-state index contributed by atoms with van der Waals surface area (Å²) in [5, 5.41) is 0.556. The standard InChI is InChI=1S/C17H10ClF3N2O2/c18-11-3-1-2-10(8-11)14-7-6-13(25-14)5-4-12-9-15(17(19,20)21)23-16(24)22-12/h1-9H,(H,22,23,24)/b5-4+. The van der Waals surface area contributed by atoms with Gasteiger partial charge < -0.3 is 9.40 Å². The van der Waals surface area contributed by atoms with Gasteiger partial charge in [0.2, 0.25) is 0 Å². The van der Waals surface area contributed by atoms with Gasteiger partial charge in [-0.3, -0.25) is 0 Å². The second kappa shape index (κ2) is 6.60. The van der Waals surface area contributed by atoms with Crippen LogP contribution in [0.15, 0.2) is 51.7 Å². The van der Waals surface area contributed by atoms with Crippen molar-refractivity contribution >= 4 is 23.8 Å². The minimum Gasteiger partial charge on any atom is -0.457 e. The van der Waals surface area contributed by atoms with Crippen LogP contribution in [0.25, 0.3) is 23.5 Å². The molecule has 0 aliphatic heterocycles. The fourth-order valence-corrected chi connectivity index (χ4v) is 2.31. The Labute approximate surface area is 144 Å². The number of halogens is 4. The van der Waals surface area contributed by atoms with Crippen molar-refractivity contribution in [3.63, 3.8) is 0 Å². The quantitative estimate of drug-likeness (QED) is 0.719. The maximum atomic E-state index is 12.7. The monoisotopic (exact) mass is 366 g/mol. The van der Waals surface area contributed by atoms with Crippen LogP contribution in [0.5, 0.6) is 0 Å². The molecule has 0 saturated carbocycles. The first-order valence-corrected chi connectivity index (χ1v) is 7.41. The largest absolute Gasteiger partial charge is 0.457 e. The summed E-state index contributed by atoms with van der Waals surface area (Å²) in [7, 11) is 0. The molecule has 1 N–H and O–H groups in total. The zero-order valence-electron chi connectivity index (χ0n) is 12.5. The summed E-state index contributed by atoms with van der Waals surface area (Å²) in [6.45, 7) is 0. The van der Waals surface area contributed by atoms with Crippen LogP contribution >= 0.6 is 11.6 Å². The Morgan fingerprint density at radius 3 is 2.64 bits per heavy atom. The summed E-state index contributed by atoms with van der Waals surface area (Å²) in [5.74, 6) is 0.961. The van der Waals surface area contributed by atoms with E-state index in [2.05, 4.69) is 9.97 Å². The molecule has 25 heavy (non-hydrogen) atoms. The van der Waals surface area contributed by atoms with Gasteiger partial charge in [0, 0.05) is 16.3 Å². The van der Waals surface area contributed by atoms with Gasteiger partial charge in [-0.15, -0.1) is 0 Å². The van der Waals surface area contributed by atoms with E-state index < -0.39 is 17.6 Å². The molecule has 0 amide bonds. The first-order valence-electron chi connectivity index (χ1n) is 7.04. The number of furan rings is 1. The minimum atomic E-state index is -4.69. The van der Waals surface area contributed by atoms with Gasteiger partial charge in [-0.1, -0.05) is 23.7 Å². The molecule has 3 aromatic rings. The molecular formula is C17H10ClF3N2O2.